The second-order valence-corrected chi connectivity index (χ2v) is 7.03. The van der Waals surface area contributed by atoms with Gasteiger partial charge in [0.25, 0.3) is 5.91 Å². The minimum Gasteiger partial charge on any atom is -0.381 e. The van der Waals surface area contributed by atoms with Gasteiger partial charge in [0.15, 0.2) is 0 Å². The Morgan fingerprint density at radius 1 is 1.14 bits per heavy atom. The molecule has 7 heteroatoms. The molecule has 2 aromatic carbocycles. The summed E-state index contributed by atoms with van der Waals surface area (Å²) in [7, 11) is 1.84. The minimum absolute atomic E-state index is 0.270. The fourth-order valence-corrected chi connectivity index (χ4v) is 3.51. The van der Waals surface area contributed by atoms with E-state index in [-0.39, 0.29) is 23.7 Å². The number of rotatable bonds is 5. The number of carbonyl (C=O) groups excluding carboxylic acids is 1. The molecule has 4 rings (SSSR count). The zero-order chi connectivity index (χ0) is 20.4. The Hall–Kier alpha value is -3.48. The SMILES string of the molecule is C[C@@H]1C(c2ccc(F)cc2)=NO[C@H]1C(=O)N[C@H](c1ccccc1)c1ccnn1C. The lowest BCUT2D eigenvalue weighted by Gasteiger charge is -2.22. The quantitative estimate of drug-likeness (QED) is 0.725. The Balaban J connectivity index is 1.54. The molecule has 2 heterocycles. The van der Waals surface area contributed by atoms with Crippen molar-refractivity contribution in [2.24, 2.45) is 18.1 Å². The van der Waals surface area contributed by atoms with Crippen LogP contribution in [0.3, 0.4) is 0 Å². The number of nitrogens with one attached hydrogen (secondary N) is 1. The number of aromatic nitrogens is 2. The third kappa shape index (κ3) is 3.76. The topological polar surface area (TPSA) is 68.5 Å². The predicted octanol–water partition coefficient (Wildman–Crippen LogP) is 3.20. The molecule has 1 N–H and O–H groups in total. The van der Waals surface area contributed by atoms with Gasteiger partial charge in [-0.25, -0.2) is 4.39 Å². The van der Waals surface area contributed by atoms with Crippen LogP contribution in [-0.2, 0) is 16.7 Å². The van der Waals surface area contributed by atoms with Crippen LogP contribution in [0, 0.1) is 11.7 Å². The second-order valence-electron chi connectivity index (χ2n) is 7.03. The number of nitrogens with zero attached hydrogens (tertiary/aromatic N) is 3. The van der Waals surface area contributed by atoms with E-state index in [4.69, 9.17) is 4.84 Å². The number of amides is 1. The molecular weight excluding hydrogens is 371 g/mol. The van der Waals surface area contributed by atoms with Crippen molar-refractivity contribution in [3.63, 3.8) is 0 Å². The van der Waals surface area contributed by atoms with Gasteiger partial charge < -0.3 is 10.2 Å². The smallest absolute Gasteiger partial charge is 0.265 e. The van der Waals surface area contributed by atoms with Crippen molar-refractivity contribution < 1.29 is 14.0 Å². The Morgan fingerprint density at radius 2 is 1.86 bits per heavy atom. The highest BCUT2D eigenvalue weighted by molar-refractivity contribution is 6.05. The molecule has 1 amide bonds. The number of hydrogen-bond acceptors (Lipinski definition) is 4. The summed E-state index contributed by atoms with van der Waals surface area (Å²) in [5.74, 6) is -0.867. The fourth-order valence-electron chi connectivity index (χ4n) is 3.51. The van der Waals surface area contributed by atoms with E-state index in [2.05, 4.69) is 15.6 Å². The molecule has 3 aromatic rings. The van der Waals surface area contributed by atoms with E-state index in [1.54, 1.807) is 23.0 Å². The maximum atomic E-state index is 13.2. The monoisotopic (exact) mass is 392 g/mol. The fraction of sp³-hybridized carbons (Fsp3) is 0.227. The van der Waals surface area contributed by atoms with Crippen LogP contribution in [0.2, 0.25) is 0 Å². The summed E-state index contributed by atoms with van der Waals surface area (Å²) in [6.45, 7) is 1.88. The first-order valence-corrected chi connectivity index (χ1v) is 9.37. The molecule has 1 aromatic heterocycles. The zero-order valence-electron chi connectivity index (χ0n) is 16.1. The maximum absolute atomic E-state index is 13.2. The summed E-state index contributed by atoms with van der Waals surface area (Å²) in [5.41, 5.74) is 3.16. The van der Waals surface area contributed by atoms with Gasteiger partial charge in [-0.05, 0) is 29.3 Å². The van der Waals surface area contributed by atoms with E-state index in [1.165, 1.54) is 12.1 Å². The van der Waals surface area contributed by atoms with Gasteiger partial charge in [-0.3, -0.25) is 9.48 Å². The molecular formula is C22H21FN4O2. The summed E-state index contributed by atoms with van der Waals surface area (Å²) in [6, 6.07) is 17.2. The number of carbonyl (C=O) groups is 1. The average Bonchev–Trinajstić information content (AvgIpc) is 3.33. The molecule has 29 heavy (non-hydrogen) atoms. The van der Waals surface area contributed by atoms with Crippen LogP contribution in [-0.4, -0.2) is 27.5 Å². The molecule has 0 aliphatic carbocycles. The van der Waals surface area contributed by atoms with Crippen molar-refractivity contribution in [1.82, 2.24) is 15.1 Å². The van der Waals surface area contributed by atoms with Crippen molar-refractivity contribution >= 4 is 11.6 Å². The highest BCUT2D eigenvalue weighted by Crippen LogP contribution is 2.26. The maximum Gasteiger partial charge on any atom is 0.265 e. The van der Waals surface area contributed by atoms with Crippen LogP contribution in [0.5, 0.6) is 0 Å². The summed E-state index contributed by atoms with van der Waals surface area (Å²) >= 11 is 0. The lowest BCUT2D eigenvalue weighted by molar-refractivity contribution is -0.133. The van der Waals surface area contributed by atoms with Crippen LogP contribution in [0.15, 0.2) is 72.0 Å². The molecule has 6 nitrogen and oxygen atoms in total. The van der Waals surface area contributed by atoms with E-state index in [0.29, 0.717) is 5.71 Å². The number of hydrogen-bond donors (Lipinski definition) is 1. The van der Waals surface area contributed by atoms with Crippen molar-refractivity contribution in [2.75, 3.05) is 0 Å². The second kappa shape index (κ2) is 7.87. The first-order chi connectivity index (χ1) is 14.0. The van der Waals surface area contributed by atoms with Crippen LogP contribution in [0.25, 0.3) is 0 Å². The van der Waals surface area contributed by atoms with Gasteiger partial charge in [-0.1, -0.05) is 54.5 Å². The van der Waals surface area contributed by atoms with Gasteiger partial charge in [-0.15, -0.1) is 0 Å². The molecule has 148 valence electrons. The number of benzene rings is 2. The van der Waals surface area contributed by atoms with E-state index in [1.807, 2.05) is 50.4 Å². The van der Waals surface area contributed by atoms with Crippen molar-refractivity contribution in [2.45, 2.75) is 19.1 Å². The summed E-state index contributed by atoms with van der Waals surface area (Å²) in [6.07, 6.45) is 0.927. The van der Waals surface area contributed by atoms with Crippen LogP contribution in [0.4, 0.5) is 4.39 Å². The molecule has 0 saturated carbocycles. The minimum atomic E-state index is -0.769. The normalized spacial score (nSPS) is 19.3. The van der Waals surface area contributed by atoms with Gasteiger partial charge >= 0.3 is 0 Å². The molecule has 3 atom stereocenters. The molecule has 0 bridgehead atoms. The van der Waals surface area contributed by atoms with Gasteiger partial charge in [0.05, 0.1) is 23.4 Å². The van der Waals surface area contributed by atoms with Crippen LogP contribution >= 0.6 is 0 Å². The average molecular weight is 392 g/mol. The Morgan fingerprint density at radius 3 is 2.52 bits per heavy atom. The number of halogens is 1. The molecule has 0 fully saturated rings. The Kier molecular flexibility index (Phi) is 5.12. The number of oxime groups is 1. The highest BCUT2D eigenvalue weighted by Gasteiger charge is 2.38. The first kappa shape index (κ1) is 18.9. The van der Waals surface area contributed by atoms with Crippen molar-refractivity contribution in [1.29, 1.82) is 0 Å². The van der Waals surface area contributed by atoms with Gasteiger partial charge in [0, 0.05) is 13.2 Å². The van der Waals surface area contributed by atoms with Gasteiger partial charge in [0.2, 0.25) is 6.10 Å². The van der Waals surface area contributed by atoms with Crippen LogP contribution in [0.1, 0.15) is 29.8 Å². The third-order valence-electron chi connectivity index (χ3n) is 5.12. The molecule has 1 aliphatic heterocycles. The largest absolute Gasteiger partial charge is 0.381 e. The first-order valence-electron chi connectivity index (χ1n) is 9.37. The lowest BCUT2D eigenvalue weighted by Crippen LogP contribution is -2.41. The van der Waals surface area contributed by atoms with E-state index < -0.39 is 6.10 Å². The van der Waals surface area contributed by atoms with Gasteiger partial charge in [0.1, 0.15) is 5.82 Å². The summed E-state index contributed by atoms with van der Waals surface area (Å²) in [5, 5.41) is 11.4. The van der Waals surface area contributed by atoms with Crippen LogP contribution < -0.4 is 5.32 Å². The molecule has 0 radical (unpaired) electrons. The zero-order valence-corrected chi connectivity index (χ0v) is 16.1. The Bertz CT molecular complexity index is 1030. The highest BCUT2D eigenvalue weighted by atomic mass is 19.1. The Labute approximate surface area is 168 Å². The van der Waals surface area contributed by atoms with Crippen molar-refractivity contribution in [3.05, 3.63) is 89.5 Å². The van der Waals surface area contributed by atoms with Gasteiger partial charge in [-0.2, -0.15) is 5.10 Å². The van der Waals surface area contributed by atoms with E-state index in [0.717, 1.165) is 16.8 Å². The van der Waals surface area contributed by atoms with Crippen molar-refractivity contribution in [3.8, 4) is 0 Å². The standard InChI is InChI=1S/C22H21FN4O2/c1-14-19(16-8-10-17(23)11-9-16)26-29-21(14)22(28)25-20(15-6-4-3-5-7-15)18-12-13-24-27(18)2/h3-14,20-21H,1-2H3,(H,25,28)/t14-,20-,21-/m1/s1. The predicted molar refractivity (Wildman–Crippen MR) is 107 cm³/mol. The van der Waals surface area contributed by atoms with E-state index in [9.17, 15) is 9.18 Å². The molecule has 1 aliphatic rings. The molecule has 0 unspecified atom stereocenters. The molecule has 0 spiro atoms. The summed E-state index contributed by atoms with van der Waals surface area (Å²) < 4.78 is 14.9. The van der Waals surface area contributed by atoms with E-state index >= 15 is 0 Å². The number of aryl methyl sites for hydroxylation is 1. The lowest BCUT2D eigenvalue weighted by atomic mass is 9.93. The third-order valence-corrected chi connectivity index (χ3v) is 5.12. The molecule has 0 saturated heterocycles. The summed E-state index contributed by atoms with van der Waals surface area (Å²) in [4.78, 5) is 18.5.